The molecule has 20 heavy (non-hydrogen) atoms. The van der Waals surface area contributed by atoms with Crippen LogP contribution in [0.3, 0.4) is 0 Å². The topological polar surface area (TPSA) is 52.4 Å². The van der Waals surface area contributed by atoms with Gasteiger partial charge in [0, 0.05) is 27.5 Å². The number of hydrogen-bond acceptors (Lipinski definition) is 3. The van der Waals surface area contributed by atoms with Gasteiger partial charge in [0.2, 0.25) is 6.54 Å². The van der Waals surface area contributed by atoms with Crippen molar-refractivity contribution in [3.05, 3.63) is 75.1 Å². The van der Waals surface area contributed by atoms with E-state index >= 15 is 0 Å². The molecule has 5 heteroatoms. The molecule has 0 aromatic heterocycles. The number of ether oxygens (including phenoxy) is 1. The predicted molar refractivity (Wildman–Crippen MR) is 76.0 cm³/mol. The molecule has 1 aliphatic heterocycles. The molecule has 0 saturated heterocycles. The van der Waals surface area contributed by atoms with E-state index in [1.165, 1.54) is 0 Å². The lowest BCUT2D eigenvalue weighted by atomic mass is 9.92. The fourth-order valence-corrected chi connectivity index (χ4v) is 2.54. The summed E-state index contributed by atoms with van der Waals surface area (Å²) in [6, 6.07) is 12.7. The molecule has 0 amide bonds. The highest BCUT2D eigenvalue weighted by Crippen LogP contribution is 2.41. The molecule has 2 aromatic carbocycles. The zero-order chi connectivity index (χ0) is 14.1. The van der Waals surface area contributed by atoms with Crippen molar-refractivity contribution in [2.24, 2.45) is 0 Å². The van der Waals surface area contributed by atoms with E-state index in [9.17, 15) is 10.1 Å². The van der Waals surface area contributed by atoms with Gasteiger partial charge in [0.1, 0.15) is 11.5 Å². The second kappa shape index (κ2) is 5.13. The Kier molecular flexibility index (Phi) is 3.32. The molecular formula is C15H11ClNO3. The smallest absolute Gasteiger partial charge is 0.211 e. The zero-order valence-corrected chi connectivity index (χ0v) is 11.2. The Morgan fingerprint density at radius 3 is 2.80 bits per heavy atom. The highest BCUT2D eigenvalue weighted by Gasteiger charge is 2.27. The van der Waals surface area contributed by atoms with Crippen LogP contribution >= 0.6 is 11.6 Å². The standard InChI is InChI=1S/C15H11ClNO3/c16-12-5-6-14-10(8-12)7-11(9-17(18)19)13-3-1-2-4-15(13)20-14/h1-8,11H,9H2. The van der Waals surface area contributed by atoms with E-state index < -0.39 is 0 Å². The Balaban J connectivity index is 2.09. The molecule has 1 aliphatic rings. The highest BCUT2D eigenvalue weighted by atomic mass is 35.5. The van der Waals surface area contributed by atoms with Gasteiger partial charge in [-0.1, -0.05) is 29.8 Å². The van der Waals surface area contributed by atoms with Crippen molar-refractivity contribution < 1.29 is 9.66 Å². The van der Waals surface area contributed by atoms with E-state index in [1.807, 2.05) is 30.7 Å². The Labute approximate surface area is 121 Å². The van der Waals surface area contributed by atoms with E-state index in [1.54, 1.807) is 18.2 Å². The van der Waals surface area contributed by atoms with Gasteiger partial charge < -0.3 is 4.74 Å². The van der Waals surface area contributed by atoms with Crippen LogP contribution in [0.25, 0.3) is 0 Å². The quantitative estimate of drug-likeness (QED) is 0.618. The zero-order valence-electron chi connectivity index (χ0n) is 10.5. The first-order valence-corrected chi connectivity index (χ1v) is 6.54. The van der Waals surface area contributed by atoms with E-state index in [2.05, 4.69) is 0 Å². The monoisotopic (exact) mass is 288 g/mol. The molecule has 0 saturated carbocycles. The van der Waals surface area contributed by atoms with Crippen LogP contribution in [-0.4, -0.2) is 11.5 Å². The second-order valence-electron chi connectivity index (χ2n) is 4.61. The van der Waals surface area contributed by atoms with E-state index in [0.29, 0.717) is 16.5 Å². The molecule has 2 aromatic rings. The molecule has 0 N–H and O–H groups in total. The normalized spacial score (nSPS) is 16.6. The molecule has 3 rings (SSSR count). The van der Waals surface area contributed by atoms with Crippen molar-refractivity contribution in [3.63, 3.8) is 0 Å². The number of benzene rings is 2. The first-order valence-electron chi connectivity index (χ1n) is 6.16. The molecule has 101 valence electrons. The molecular weight excluding hydrogens is 278 g/mol. The number of rotatable bonds is 2. The fraction of sp³-hybridized carbons (Fsp3) is 0.133. The Bertz CT molecular complexity index is 672. The van der Waals surface area contributed by atoms with Crippen LogP contribution in [0.4, 0.5) is 0 Å². The van der Waals surface area contributed by atoms with E-state index in [-0.39, 0.29) is 17.4 Å². The molecule has 1 heterocycles. The Morgan fingerprint density at radius 1 is 1.20 bits per heavy atom. The lowest BCUT2D eigenvalue weighted by molar-refractivity contribution is -0.482. The van der Waals surface area contributed by atoms with Crippen molar-refractivity contribution in [1.29, 1.82) is 0 Å². The average Bonchev–Trinajstić information content (AvgIpc) is 2.55. The third-order valence-electron chi connectivity index (χ3n) is 3.24. The molecule has 0 bridgehead atoms. The molecule has 0 fully saturated rings. The van der Waals surface area contributed by atoms with Crippen LogP contribution in [0.15, 0.2) is 42.5 Å². The second-order valence-corrected chi connectivity index (χ2v) is 5.05. The summed E-state index contributed by atoms with van der Waals surface area (Å²) in [4.78, 5) is 10.6. The molecule has 0 aliphatic carbocycles. The molecule has 4 nitrogen and oxygen atoms in total. The van der Waals surface area contributed by atoms with Crippen LogP contribution in [0.1, 0.15) is 17.0 Å². The summed E-state index contributed by atoms with van der Waals surface area (Å²) in [7, 11) is 0. The minimum atomic E-state index is -0.332. The van der Waals surface area contributed by atoms with E-state index in [4.69, 9.17) is 16.3 Å². The van der Waals surface area contributed by atoms with Crippen molar-refractivity contribution in [2.45, 2.75) is 5.92 Å². The first-order chi connectivity index (χ1) is 9.63. The third kappa shape index (κ3) is 2.47. The van der Waals surface area contributed by atoms with Crippen LogP contribution in [0.5, 0.6) is 11.5 Å². The maximum atomic E-state index is 10.9. The van der Waals surface area contributed by atoms with Gasteiger partial charge in [0.25, 0.3) is 0 Å². The summed E-state index contributed by atoms with van der Waals surface area (Å²) < 4.78 is 5.86. The maximum absolute atomic E-state index is 10.9. The van der Waals surface area contributed by atoms with Gasteiger partial charge in [-0.05, 0) is 24.3 Å². The van der Waals surface area contributed by atoms with E-state index in [0.717, 1.165) is 11.1 Å². The van der Waals surface area contributed by atoms with Gasteiger partial charge in [-0.15, -0.1) is 0 Å². The maximum Gasteiger partial charge on any atom is 0.211 e. The van der Waals surface area contributed by atoms with Crippen LogP contribution < -0.4 is 4.74 Å². The minimum Gasteiger partial charge on any atom is -0.457 e. The molecule has 1 radical (unpaired) electrons. The highest BCUT2D eigenvalue weighted by molar-refractivity contribution is 6.30. The van der Waals surface area contributed by atoms with Crippen LogP contribution in [-0.2, 0) is 0 Å². The lowest BCUT2D eigenvalue weighted by Gasteiger charge is -2.11. The number of nitro groups is 1. The first kappa shape index (κ1) is 12.9. The molecule has 0 spiro atoms. The van der Waals surface area contributed by atoms with Crippen molar-refractivity contribution in [1.82, 2.24) is 0 Å². The van der Waals surface area contributed by atoms with Crippen LogP contribution in [0.2, 0.25) is 5.02 Å². The van der Waals surface area contributed by atoms with Crippen molar-refractivity contribution in [2.75, 3.05) is 6.54 Å². The summed E-state index contributed by atoms with van der Waals surface area (Å²) in [5.41, 5.74) is 1.59. The van der Waals surface area contributed by atoms with Gasteiger partial charge in [-0.25, -0.2) is 0 Å². The number of para-hydroxylation sites is 1. The molecule has 1 atom stereocenters. The fourth-order valence-electron chi connectivity index (χ4n) is 2.36. The number of halogens is 1. The largest absolute Gasteiger partial charge is 0.457 e. The Hall–Kier alpha value is -2.07. The van der Waals surface area contributed by atoms with Crippen LogP contribution in [0, 0.1) is 16.5 Å². The van der Waals surface area contributed by atoms with Gasteiger partial charge in [0.15, 0.2) is 0 Å². The summed E-state index contributed by atoms with van der Waals surface area (Å²) in [5, 5.41) is 11.5. The lowest BCUT2D eigenvalue weighted by Crippen LogP contribution is -2.13. The minimum absolute atomic E-state index is 0.174. The SMILES string of the molecule is O=[N+]([O-])CC1[CH]c2cc(Cl)ccc2Oc2ccccc21. The van der Waals surface area contributed by atoms with Gasteiger partial charge in [-0.2, -0.15) is 0 Å². The summed E-state index contributed by atoms with van der Waals surface area (Å²) in [6.07, 6.45) is 1.84. The summed E-state index contributed by atoms with van der Waals surface area (Å²) in [5.74, 6) is 0.977. The van der Waals surface area contributed by atoms with Gasteiger partial charge in [-0.3, -0.25) is 10.1 Å². The Morgan fingerprint density at radius 2 is 2.00 bits per heavy atom. The third-order valence-corrected chi connectivity index (χ3v) is 3.47. The predicted octanol–water partition coefficient (Wildman–Crippen LogP) is 4.06. The summed E-state index contributed by atoms with van der Waals surface area (Å²) in [6.45, 7) is -0.174. The average molecular weight is 289 g/mol. The van der Waals surface area contributed by atoms with Gasteiger partial charge >= 0.3 is 0 Å². The molecule has 1 unspecified atom stereocenters. The number of nitrogens with zero attached hydrogens (tertiary/aromatic N) is 1. The van der Waals surface area contributed by atoms with Gasteiger partial charge in [0.05, 0.1) is 5.92 Å². The number of fused-ring (bicyclic) bond motifs is 2. The number of hydrogen-bond donors (Lipinski definition) is 0. The summed E-state index contributed by atoms with van der Waals surface area (Å²) >= 11 is 5.99. The van der Waals surface area contributed by atoms with Crippen molar-refractivity contribution >= 4 is 11.6 Å². The van der Waals surface area contributed by atoms with Crippen molar-refractivity contribution in [3.8, 4) is 11.5 Å².